The first-order valence-electron chi connectivity index (χ1n) is 7.02. The molecule has 6 nitrogen and oxygen atoms in total. The van der Waals surface area contributed by atoms with Crippen molar-refractivity contribution in [2.75, 3.05) is 18.5 Å². The molecule has 23 heavy (non-hydrogen) atoms. The smallest absolute Gasteiger partial charge is 0.340 e. The van der Waals surface area contributed by atoms with Crippen molar-refractivity contribution in [1.82, 2.24) is 4.90 Å². The molecule has 2 rings (SSSR count). The van der Waals surface area contributed by atoms with E-state index in [0.29, 0.717) is 10.0 Å². The lowest BCUT2D eigenvalue weighted by molar-refractivity contribution is -0.129. The van der Waals surface area contributed by atoms with Gasteiger partial charge < -0.3 is 10.1 Å². The number of carbonyl (C=O) groups is 3. The molecule has 122 valence electrons. The van der Waals surface area contributed by atoms with Crippen LogP contribution < -0.4 is 5.32 Å². The van der Waals surface area contributed by atoms with Gasteiger partial charge in [-0.1, -0.05) is 36.1 Å². The second-order valence-electron chi connectivity index (χ2n) is 4.76. The van der Waals surface area contributed by atoms with E-state index < -0.39 is 11.9 Å². The predicted octanol–water partition coefficient (Wildman–Crippen LogP) is 2.05. The number of ether oxygens (including phenoxy) is 1. The third-order valence-corrected chi connectivity index (χ3v) is 4.60. The Morgan fingerprint density at radius 2 is 2.09 bits per heavy atom. The number of rotatable bonds is 5. The fourth-order valence-corrected chi connectivity index (χ4v) is 3.43. The second kappa shape index (κ2) is 7.56. The van der Waals surface area contributed by atoms with Gasteiger partial charge >= 0.3 is 5.97 Å². The van der Waals surface area contributed by atoms with Crippen LogP contribution >= 0.6 is 24.0 Å². The summed E-state index contributed by atoms with van der Waals surface area (Å²) in [5.41, 5.74) is 0.606. The van der Waals surface area contributed by atoms with Crippen LogP contribution in [0.2, 0.25) is 0 Å². The maximum absolute atomic E-state index is 12.2. The topological polar surface area (TPSA) is 75.7 Å². The number of anilines is 1. The van der Waals surface area contributed by atoms with Crippen LogP contribution in [-0.2, 0) is 14.3 Å². The van der Waals surface area contributed by atoms with E-state index in [1.807, 2.05) is 0 Å². The van der Waals surface area contributed by atoms with Crippen LogP contribution in [0.5, 0.6) is 0 Å². The third kappa shape index (κ3) is 4.08. The zero-order valence-corrected chi connectivity index (χ0v) is 14.3. The maximum Gasteiger partial charge on any atom is 0.340 e. The van der Waals surface area contributed by atoms with Crippen molar-refractivity contribution in [1.29, 1.82) is 0 Å². The van der Waals surface area contributed by atoms with Gasteiger partial charge in [-0.2, -0.15) is 0 Å². The highest BCUT2D eigenvalue weighted by molar-refractivity contribution is 8.24. The lowest BCUT2D eigenvalue weighted by Gasteiger charge is -2.16. The Labute approximate surface area is 143 Å². The molecule has 1 aromatic rings. The molecule has 0 spiro atoms. The van der Waals surface area contributed by atoms with E-state index in [9.17, 15) is 14.4 Å². The zero-order chi connectivity index (χ0) is 17.0. The fraction of sp³-hybridized carbons (Fsp3) is 0.333. The Hall–Kier alpha value is -1.93. The molecule has 1 aliphatic heterocycles. The summed E-state index contributed by atoms with van der Waals surface area (Å²) in [6.07, 6.45) is 0. The highest BCUT2D eigenvalue weighted by Crippen LogP contribution is 2.26. The van der Waals surface area contributed by atoms with Crippen LogP contribution in [0.15, 0.2) is 24.3 Å². The predicted molar refractivity (Wildman–Crippen MR) is 92.4 cm³/mol. The first kappa shape index (κ1) is 17.4. The van der Waals surface area contributed by atoms with Gasteiger partial charge in [0.15, 0.2) is 0 Å². The highest BCUT2D eigenvalue weighted by Gasteiger charge is 2.34. The van der Waals surface area contributed by atoms with Gasteiger partial charge in [0.25, 0.3) is 0 Å². The molecule has 8 heteroatoms. The largest absolute Gasteiger partial charge is 0.462 e. The van der Waals surface area contributed by atoms with Gasteiger partial charge in [-0.15, -0.1) is 0 Å². The summed E-state index contributed by atoms with van der Waals surface area (Å²) in [5.74, 6) is -1.12. The summed E-state index contributed by atoms with van der Waals surface area (Å²) in [6, 6.07) is 6.55. The summed E-state index contributed by atoms with van der Waals surface area (Å²) in [4.78, 5) is 37.2. The van der Waals surface area contributed by atoms with Crippen LogP contribution in [0.25, 0.3) is 0 Å². The average molecular weight is 352 g/mol. The molecule has 1 atom stereocenters. The molecule has 1 saturated heterocycles. The third-order valence-electron chi connectivity index (χ3n) is 3.11. The second-order valence-corrected chi connectivity index (χ2v) is 6.74. The fourth-order valence-electron chi connectivity index (χ4n) is 2.03. The first-order valence-corrected chi connectivity index (χ1v) is 8.30. The van der Waals surface area contributed by atoms with Crippen LogP contribution in [0.3, 0.4) is 0 Å². The summed E-state index contributed by atoms with van der Waals surface area (Å²) in [6.45, 7) is 3.52. The van der Waals surface area contributed by atoms with Gasteiger partial charge in [-0.05, 0) is 26.0 Å². The molecule has 0 aromatic heterocycles. The van der Waals surface area contributed by atoms with Crippen molar-refractivity contribution in [2.45, 2.75) is 19.1 Å². The van der Waals surface area contributed by atoms with Crippen molar-refractivity contribution in [2.24, 2.45) is 0 Å². The Balaban J connectivity index is 2.08. The Kier molecular flexibility index (Phi) is 5.73. The van der Waals surface area contributed by atoms with Gasteiger partial charge in [0.2, 0.25) is 11.8 Å². The Morgan fingerprint density at radius 3 is 2.70 bits per heavy atom. The molecular formula is C15H16N2O4S2. The zero-order valence-electron chi connectivity index (χ0n) is 12.7. The average Bonchev–Trinajstić information content (AvgIpc) is 2.74. The monoisotopic (exact) mass is 352 g/mol. The van der Waals surface area contributed by atoms with Gasteiger partial charge in [-0.3, -0.25) is 14.5 Å². The molecule has 1 heterocycles. The van der Waals surface area contributed by atoms with Crippen molar-refractivity contribution >= 4 is 51.8 Å². The number of benzene rings is 1. The van der Waals surface area contributed by atoms with E-state index in [1.54, 1.807) is 38.1 Å². The number of carbonyl (C=O) groups excluding carboxylic acids is 3. The number of nitrogens with zero attached hydrogens (tertiary/aromatic N) is 1. The molecule has 0 bridgehead atoms. The number of nitrogens with one attached hydrogen (secondary N) is 1. The minimum absolute atomic E-state index is 0.174. The van der Waals surface area contributed by atoms with E-state index in [0.717, 1.165) is 0 Å². The number of hydrogen-bond acceptors (Lipinski definition) is 6. The molecule has 1 fully saturated rings. The number of thiocarbonyl (C=S) groups is 1. The molecule has 0 saturated carbocycles. The molecule has 1 aromatic carbocycles. The highest BCUT2D eigenvalue weighted by atomic mass is 32.2. The molecule has 1 N–H and O–H groups in total. The first-order chi connectivity index (χ1) is 10.9. The molecular weight excluding hydrogens is 336 g/mol. The minimum Gasteiger partial charge on any atom is -0.462 e. The van der Waals surface area contributed by atoms with Gasteiger partial charge in [-0.25, -0.2) is 4.79 Å². The molecule has 1 aliphatic rings. The lowest BCUT2D eigenvalue weighted by atomic mass is 10.2. The summed E-state index contributed by atoms with van der Waals surface area (Å²) in [7, 11) is 0. The number of thioether (sulfide) groups is 1. The number of esters is 1. The van der Waals surface area contributed by atoms with Crippen LogP contribution in [0.4, 0.5) is 5.69 Å². The number of para-hydroxylation sites is 1. The van der Waals surface area contributed by atoms with E-state index >= 15 is 0 Å². The maximum atomic E-state index is 12.2. The Morgan fingerprint density at radius 1 is 1.39 bits per heavy atom. The van der Waals surface area contributed by atoms with E-state index in [-0.39, 0.29) is 29.9 Å². The van der Waals surface area contributed by atoms with E-state index in [1.165, 1.54) is 16.7 Å². The molecule has 0 aliphatic carbocycles. The summed E-state index contributed by atoms with van der Waals surface area (Å²) >= 11 is 6.35. The quantitative estimate of drug-likeness (QED) is 0.646. The van der Waals surface area contributed by atoms with Gasteiger partial charge in [0.05, 0.1) is 23.1 Å². The summed E-state index contributed by atoms with van der Waals surface area (Å²) < 4.78 is 5.34. The van der Waals surface area contributed by atoms with Crippen molar-refractivity contribution in [3.63, 3.8) is 0 Å². The van der Waals surface area contributed by atoms with Crippen LogP contribution in [0, 0.1) is 0 Å². The van der Waals surface area contributed by atoms with Crippen molar-refractivity contribution < 1.29 is 19.1 Å². The molecule has 1 unspecified atom stereocenters. The lowest BCUT2D eigenvalue weighted by Crippen LogP contribution is -2.37. The SMILES string of the molecule is CCOC(=O)c1ccccc1NC(=O)CN1C(=O)C(C)SC1=S. The van der Waals surface area contributed by atoms with Gasteiger partial charge in [0.1, 0.15) is 10.9 Å². The number of amides is 2. The summed E-state index contributed by atoms with van der Waals surface area (Å²) in [5, 5.41) is 2.35. The Bertz CT molecular complexity index is 663. The van der Waals surface area contributed by atoms with Crippen LogP contribution in [-0.4, -0.2) is 45.4 Å². The standard InChI is InChI=1S/C15H16N2O4S2/c1-3-21-14(20)10-6-4-5-7-11(10)16-12(18)8-17-13(19)9(2)23-15(17)22/h4-7,9H,3,8H2,1-2H3,(H,16,18). The van der Waals surface area contributed by atoms with E-state index in [2.05, 4.69) is 5.32 Å². The normalized spacial score (nSPS) is 17.3. The molecule has 2 amide bonds. The molecule has 0 radical (unpaired) electrons. The van der Waals surface area contributed by atoms with Crippen LogP contribution in [0.1, 0.15) is 24.2 Å². The number of hydrogen-bond donors (Lipinski definition) is 1. The van der Waals surface area contributed by atoms with Gasteiger partial charge in [0, 0.05) is 0 Å². The van der Waals surface area contributed by atoms with Crippen molar-refractivity contribution in [3.8, 4) is 0 Å². The van der Waals surface area contributed by atoms with Crippen molar-refractivity contribution in [3.05, 3.63) is 29.8 Å². The van der Waals surface area contributed by atoms with E-state index in [4.69, 9.17) is 17.0 Å². The minimum atomic E-state index is -0.514.